The first-order chi connectivity index (χ1) is 12.6. The Morgan fingerprint density at radius 3 is 2.31 bits per heavy atom. The van der Waals surface area contributed by atoms with E-state index in [0.29, 0.717) is 43.9 Å². The molecule has 1 aromatic heterocycles. The Morgan fingerprint density at radius 1 is 1.00 bits per heavy atom. The molecule has 0 N–H and O–H groups in total. The number of hydrogen-bond donors (Lipinski definition) is 0. The van der Waals surface area contributed by atoms with Gasteiger partial charge in [-0.05, 0) is 24.6 Å². The zero-order valence-electron chi connectivity index (χ0n) is 14.5. The number of amides is 2. The van der Waals surface area contributed by atoms with E-state index < -0.39 is 5.82 Å². The summed E-state index contributed by atoms with van der Waals surface area (Å²) < 4.78 is 19.1. The number of benzene rings is 1. The molecule has 0 atom stereocenters. The number of methoxy groups -OCH3 is 1. The summed E-state index contributed by atoms with van der Waals surface area (Å²) in [4.78, 5) is 32.3. The van der Waals surface area contributed by atoms with Gasteiger partial charge in [-0.1, -0.05) is 12.1 Å². The van der Waals surface area contributed by atoms with Crippen molar-refractivity contribution in [3.63, 3.8) is 0 Å². The van der Waals surface area contributed by atoms with Crippen LogP contribution >= 0.6 is 0 Å². The molecule has 26 heavy (non-hydrogen) atoms. The quantitative estimate of drug-likeness (QED) is 0.845. The summed E-state index contributed by atoms with van der Waals surface area (Å²) in [7, 11) is 1.53. The van der Waals surface area contributed by atoms with Crippen molar-refractivity contribution < 1.29 is 18.7 Å². The van der Waals surface area contributed by atoms with Crippen LogP contribution in [0, 0.1) is 5.82 Å². The number of hydrogen-bond acceptors (Lipinski definition) is 4. The van der Waals surface area contributed by atoms with E-state index in [0.717, 1.165) is 6.20 Å². The van der Waals surface area contributed by atoms with E-state index in [1.807, 2.05) is 6.07 Å². The standard InChI is InChI=1S/C19H20FN3O3/c1-26-17-6-3-2-5-15(17)19(25)23-10-4-9-22(11-12-23)18(24)14-7-8-21-13-16(14)20/h2-3,5-8,13H,4,9-12H2,1H3. The van der Waals surface area contributed by atoms with E-state index in [2.05, 4.69) is 4.98 Å². The van der Waals surface area contributed by atoms with Crippen molar-refractivity contribution in [3.8, 4) is 5.75 Å². The predicted octanol–water partition coefficient (Wildman–Crippen LogP) is 2.22. The Hall–Kier alpha value is -2.96. The summed E-state index contributed by atoms with van der Waals surface area (Å²) in [6, 6.07) is 8.44. The Labute approximate surface area is 151 Å². The Balaban J connectivity index is 1.71. The van der Waals surface area contributed by atoms with Crippen LogP contribution in [0.5, 0.6) is 5.75 Å². The third kappa shape index (κ3) is 3.66. The van der Waals surface area contributed by atoms with E-state index in [1.165, 1.54) is 19.4 Å². The van der Waals surface area contributed by atoms with E-state index >= 15 is 0 Å². The molecular formula is C19H20FN3O3. The molecule has 1 saturated heterocycles. The van der Waals surface area contributed by atoms with Gasteiger partial charge in [0.2, 0.25) is 0 Å². The molecule has 3 rings (SSSR count). The molecule has 1 fully saturated rings. The Kier molecular flexibility index (Phi) is 5.46. The van der Waals surface area contributed by atoms with Crippen LogP contribution < -0.4 is 4.74 Å². The first-order valence-electron chi connectivity index (χ1n) is 8.43. The molecule has 0 saturated carbocycles. The summed E-state index contributed by atoms with van der Waals surface area (Å²) in [5.41, 5.74) is 0.499. The first kappa shape index (κ1) is 17.8. The average Bonchev–Trinajstić information content (AvgIpc) is 2.93. The molecule has 1 aliphatic heterocycles. The summed E-state index contributed by atoms with van der Waals surface area (Å²) in [6.45, 7) is 1.73. The highest BCUT2D eigenvalue weighted by atomic mass is 19.1. The molecule has 136 valence electrons. The smallest absolute Gasteiger partial charge is 0.257 e. The molecule has 6 nitrogen and oxygen atoms in total. The lowest BCUT2D eigenvalue weighted by atomic mass is 10.1. The van der Waals surface area contributed by atoms with Crippen LogP contribution in [0.3, 0.4) is 0 Å². The highest BCUT2D eigenvalue weighted by Gasteiger charge is 2.26. The van der Waals surface area contributed by atoms with Crippen molar-refractivity contribution in [2.45, 2.75) is 6.42 Å². The highest BCUT2D eigenvalue weighted by molar-refractivity contribution is 5.97. The van der Waals surface area contributed by atoms with Crippen LogP contribution in [0.25, 0.3) is 0 Å². The van der Waals surface area contributed by atoms with Crippen molar-refractivity contribution in [3.05, 3.63) is 59.7 Å². The fourth-order valence-electron chi connectivity index (χ4n) is 3.03. The number of halogens is 1. The van der Waals surface area contributed by atoms with Crippen molar-refractivity contribution in [2.75, 3.05) is 33.3 Å². The highest BCUT2D eigenvalue weighted by Crippen LogP contribution is 2.20. The third-order valence-corrected chi connectivity index (χ3v) is 4.41. The number of rotatable bonds is 3. The van der Waals surface area contributed by atoms with Crippen molar-refractivity contribution in [1.82, 2.24) is 14.8 Å². The maximum atomic E-state index is 13.8. The summed E-state index contributed by atoms with van der Waals surface area (Å²) in [6.07, 6.45) is 3.05. The van der Waals surface area contributed by atoms with Crippen molar-refractivity contribution in [1.29, 1.82) is 0 Å². The van der Waals surface area contributed by atoms with Gasteiger partial charge in [0.05, 0.1) is 24.4 Å². The van der Waals surface area contributed by atoms with Gasteiger partial charge in [-0.25, -0.2) is 4.39 Å². The van der Waals surface area contributed by atoms with Gasteiger partial charge in [0.15, 0.2) is 5.82 Å². The zero-order chi connectivity index (χ0) is 18.5. The van der Waals surface area contributed by atoms with Crippen LogP contribution in [0.2, 0.25) is 0 Å². The lowest BCUT2D eigenvalue weighted by molar-refractivity contribution is 0.0714. The topological polar surface area (TPSA) is 62.7 Å². The van der Waals surface area contributed by atoms with Gasteiger partial charge in [-0.15, -0.1) is 0 Å². The monoisotopic (exact) mass is 357 g/mol. The molecular weight excluding hydrogens is 337 g/mol. The molecule has 0 aliphatic carbocycles. The number of aromatic nitrogens is 1. The van der Waals surface area contributed by atoms with Crippen LogP contribution in [0.4, 0.5) is 4.39 Å². The fourth-order valence-corrected chi connectivity index (χ4v) is 3.03. The molecule has 0 spiro atoms. The summed E-state index contributed by atoms with van der Waals surface area (Å²) in [5.74, 6) is -0.624. The molecule has 2 amide bonds. The van der Waals surface area contributed by atoms with Crippen molar-refractivity contribution >= 4 is 11.8 Å². The third-order valence-electron chi connectivity index (χ3n) is 4.41. The van der Waals surface area contributed by atoms with Gasteiger partial charge in [0.1, 0.15) is 5.75 Å². The zero-order valence-corrected chi connectivity index (χ0v) is 14.5. The number of ether oxygens (including phenoxy) is 1. The van der Waals surface area contributed by atoms with Crippen molar-refractivity contribution in [2.24, 2.45) is 0 Å². The fraction of sp³-hybridized carbons (Fsp3) is 0.316. The lowest BCUT2D eigenvalue weighted by Crippen LogP contribution is -2.37. The number of nitrogens with zero attached hydrogens (tertiary/aromatic N) is 3. The largest absolute Gasteiger partial charge is 0.496 e. The van der Waals surface area contributed by atoms with Gasteiger partial charge < -0.3 is 14.5 Å². The Morgan fingerprint density at radius 2 is 1.65 bits per heavy atom. The molecule has 7 heteroatoms. The molecule has 2 heterocycles. The second kappa shape index (κ2) is 7.95. The van der Waals surface area contributed by atoms with Gasteiger partial charge in [-0.2, -0.15) is 0 Å². The summed E-state index contributed by atoms with van der Waals surface area (Å²) >= 11 is 0. The predicted molar refractivity (Wildman–Crippen MR) is 93.6 cm³/mol. The Bertz CT molecular complexity index is 812. The molecule has 0 unspecified atom stereocenters. The molecule has 1 aliphatic rings. The van der Waals surface area contributed by atoms with Crippen LogP contribution in [0.15, 0.2) is 42.7 Å². The normalized spacial score (nSPS) is 14.7. The minimum Gasteiger partial charge on any atom is -0.496 e. The lowest BCUT2D eigenvalue weighted by Gasteiger charge is -2.23. The first-order valence-corrected chi connectivity index (χ1v) is 8.43. The van der Waals surface area contributed by atoms with E-state index in [9.17, 15) is 14.0 Å². The number of carbonyl (C=O) groups excluding carboxylic acids is 2. The van der Waals surface area contributed by atoms with Gasteiger partial charge >= 0.3 is 0 Å². The minimum absolute atomic E-state index is 0.00417. The van der Waals surface area contributed by atoms with E-state index in [4.69, 9.17) is 4.74 Å². The number of pyridine rings is 1. The maximum Gasteiger partial charge on any atom is 0.257 e. The van der Waals surface area contributed by atoms with E-state index in [1.54, 1.807) is 28.0 Å². The van der Waals surface area contributed by atoms with Crippen LogP contribution in [-0.4, -0.2) is 59.9 Å². The van der Waals surface area contributed by atoms with E-state index in [-0.39, 0.29) is 17.4 Å². The van der Waals surface area contributed by atoms with Gasteiger partial charge in [0.25, 0.3) is 11.8 Å². The maximum absolute atomic E-state index is 13.8. The van der Waals surface area contributed by atoms with Gasteiger partial charge in [0, 0.05) is 32.4 Å². The van der Waals surface area contributed by atoms with Crippen LogP contribution in [-0.2, 0) is 0 Å². The molecule has 2 aromatic rings. The molecule has 0 bridgehead atoms. The van der Waals surface area contributed by atoms with Crippen LogP contribution in [0.1, 0.15) is 27.1 Å². The second-order valence-corrected chi connectivity index (χ2v) is 5.99. The second-order valence-electron chi connectivity index (χ2n) is 5.99. The van der Waals surface area contributed by atoms with Gasteiger partial charge in [-0.3, -0.25) is 14.6 Å². The SMILES string of the molecule is COc1ccccc1C(=O)N1CCCN(C(=O)c2ccncc2F)CC1. The number of carbonyl (C=O) groups is 2. The summed E-state index contributed by atoms with van der Waals surface area (Å²) in [5, 5.41) is 0. The number of para-hydroxylation sites is 1. The minimum atomic E-state index is -0.635. The average molecular weight is 357 g/mol. The molecule has 1 aromatic carbocycles. The molecule has 0 radical (unpaired) electrons.